The number of nitrogens with two attached hydrogens (primary N) is 1. The van der Waals surface area contributed by atoms with Crippen LogP contribution in [0.2, 0.25) is 0 Å². The van der Waals surface area contributed by atoms with Crippen LogP contribution in [-0.4, -0.2) is 10.8 Å². The highest BCUT2D eigenvalue weighted by molar-refractivity contribution is 9.10. The lowest BCUT2D eigenvalue weighted by Crippen LogP contribution is -2.16. The Morgan fingerprint density at radius 2 is 1.94 bits per heavy atom. The van der Waals surface area contributed by atoms with Gasteiger partial charge in [-0.1, -0.05) is 0 Å². The van der Waals surface area contributed by atoms with Gasteiger partial charge >= 0.3 is 6.18 Å². The van der Waals surface area contributed by atoms with Crippen LogP contribution >= 0.6 is 15.9 Å². The molecule has 0 saturated heterocycles. The monoisotopic (exact) mass is 312 g/mol. The average Bonchev–Trinajstić information content (AvgIpc) is 2.13. The van der Waals surface area contributed by atoms with E-state index in [9.17, 15) is 28.1 Å². The van der Waals surface area contributed by atoms with Gasteiger partial charge in [0.2, 0.25) is 0 Å². The molecular formula is C8H4BrF3N2O3. The topological polar surface area (TPSA) is 86.2 Å². The van der Waals surface area contributed by atoms with E-state index < -0.39 is 38.3 Å². The summed E-state index contributed by atoms with van der Waals surface area (Å²) in [5.74, 6) is -1.30. The molecule has 5 nitrogen and oxygen atoms in total. The summed E-state index contributed by atoms with van der Waals surface area (Å²) in [6, 6.07) is 0.871. The molecule has 0 saturated carbocycles. The van der Waals surface area contributed by atoms with Crippen molar-refractivity contribution >= 4 is 27.5 Å². The fourth-order valence-corrected chi connectivity index (χ4v) is 1.74. The Labute approximate surface area is 101 Å². The molecule has 1 amide bonds. The molecule has 0 aliphatic rings. The first-order valence-electron chi connectivity index (χ1n) is 3.99. The van der Waals surface area contributed by atoms with Crippen LogP contribution in [0.3, 0.4) is 0 Å². The first-order valence-corrected chi connectivity index (χ1v) is 4.79. The van der Waals surface area contributed by atoms with Gasteiger partial charge in [-0.2, -0.15) is 13.2 Å². The average molecular weight is 313 g/mol. The molecule has 0 aliphatic carbocycles. The van der Waals surface area contributed by atoms with Crippen molar-refractivity contribution in [1.29, 1.82) is 0 Å². The minimum absolute atomic E-state index is 0.352. The third-order valence-electron chi connectivity index (χ3n) is 1.84. The van der Waals surface area contributed by atoms with Crippen molar-refractivity contribution < 1.29 is 22.9 Å². The van der Waals surface area contributed by atoms with Crippen LogP contribution in [0.25, 0.3) is 0 Å². The largest absolute Gasteiger partial charge is 0.416 e. The van der Waals surface area contributed by atoms with Gasteiger partial charge in [0.1, 0.15) is 5.56 Å². The smallest absolute Gasteiger partial charge is 0.365 e. The molecule has 2 N–H and O–H groups in total. The number of hydrogen-bond donors (Lipinski definition) is 1. The molecule has 0 radical (unpaired) electrons. The highest BCUT2D eigenvalue weighted by atomic mass is 79.9. The van der Waals surface area contributed by atoms with Crippen LogP contribution in [-0.2, 0) is 6.18 Å². The summed E-state index contributed by atoms with van der Waals surface area (Å²) in [6.07, 6.45) is -4.72. The molecule has 0 aliphatic heterocycles. The van der Waals surface area contributed by atoms with Crippen molar-refractivity contribution in [1.82, 2.24) is 0 Å². The van der Waals surface area contributed by atoms with Gasteiger partial charge < -0.3 is 5.73 Å². The van der Waals surface area contributed by atoms with Crippen molar-refractivity contribution in [3.63, 3.8) is 0 Å². The summed E-state index contributed by atoms with van der Waals surface area (Å²) in [6.45, 7) is 0. The van der Waals surface area contributed by atoms with Crippen LogP contribution in [0.4, 0.5) is 18.9 Å². The quantitative estimate of drug-likeness (QED) is 0.672. The number of hydrogen-bond acceptors (Lipinski definition) is 3. The first-order chi connectivity index (χ1) is 7.64. The zero-order valence-electron chi connectivity index (χ0n) is 7.92. The molecule has 0 fully saturated rings. The second kappa shape index (κ2) is 4.32. The third-order valence-corrected chi connectivity index (χ3v) is 2.44. The van der Waals surface area contributed by atoms with Crippen LogP contribution in [0.15, 0.2) is 16.6 Å². The molecule has 0 bridgehead atoms. The first kappa shape index (κ1) is 13.4. The van der Waals surface area contributed by atoms with Crippen molar-refractivity contribution in [2.24, 2.45) is 5.73 Å². The molecule has 0 unspecified atom stereocenters. The van der Waals surface area contributed by atoms with E-state index in [0.29, 0.717) is 12.1 Å². The molecule has 0 atom stereocenters. The lowest BCUT2D eigenvalue weighted by atomic mass is 10.1. The number of benzene rings is 1. The Kier molecular flexibility index (Phi) is 3.41. The summed E-state index contributed by atoms with van der Waals surface area (Å²) in [4.78, 5) is 20.5. The summed E-state index contributed by atoms with van der Waals surface area (Å²) >= 11 is 2.61. The Hall–Kier alpha value is -1.64. The van der Waals surface area contributed by atoms with Crippen LogP contribution < -0.4 is 5.73 Å². The fourth-order valence-electron chi connectivity index (χ4n) is 1.14. The van der Waals surface area contributed by atoms with E-state index in [1.165, 1.54) is 0 Å². The van der Waals surface area contributed by atoms with Gasteiger partial charge in [0.05, 0.1) is 15.0 Å². The molecule has 92 valence electrons. The second-order valence-electron chi connectivity index (χ2n) is 2.97. The van der Waals surface area contributed by atoms with Crippen molar-refractivity contribution in [2.45, 2.75) is 6.18 Å². The molecule has 1 rings (SSSR count). The number of nitrogens with zero attached hydrogens (tertiary/aromatic N) is 1. The lowest BCUT2D eigenvalue weighted by Gasteiger charge is -2.09. The van der Waals surface area contributed by atoms with Crippen molar-refractivity contribution in [3.05, 3.63) is 37.8 Å². The zero-order valence-corrected chi connectivity index (χ0v) is 9.50. The van der Waals surface area contributed by atoms with Gasteiger partial charge in [-0.05, 0) is 28.1 Å². The minimum atomic E-state index is -4.72. The van der Waals surface area contributed by atoms with E-state index in [4.69, 9.17) is 5.73 Å². The zero-order chi connectivity index (χ0) is 13.4. The summed E-state index contributed by atoms with van der Waals surface area (Å²) < 4.78 is 36.8. The molecular weight excluding hydrogens is 309 g/mol. The fraction of sp³-hybridized carbons (Fsp3) is 0.125. The number of halogens is 4. The predicted molar refractivity (Wildman–Crippen MR) is 54.3 cm³/mol. The highest BCUT2D eigenvalue weighted by Crippen LogP contribution is 2.37. The van der Waals surface area contributed by atoms with Crippen molar-refractivity contribution in [3.8, 4) is 0 Å². The van der Waals surface area contributed by atoms with Gasteiger partial charge in [0.15, 0.2) is 0 Å². The second-order valence-corrected chi connectivity index (χ2v) is 3.83. The van der Waals surface area contributed by atoms with Crippen LogP contribution in [0.1, 0.15) is 15.9 Å². The van der Waals surface area contributed by atoms with Gasteiger partial charge in [0.25, 0.3) is 11.6 Å². The number of primary amides is 1. The summed E-state index contributed by atoms with van der Waals surface area (Å²) in [7, 11) is 0. The van der Waals surface area contributed by atoms with E-state index in [1.807, 2.05) is 0 Å². The number of nitro benzene ring substituents is 1. The van der Waals surface area contributed by atoms with Gasteiger partial charge in [-0.25, -0.2) is 0 Å². The number of alkyl halides is 3. The number of rotatable bonds is 2. The number of amides is 1. The maximum Gasteiger partial charge on any atom is 0.416 e. The van der Waals surface area contributed by atoms with Gasteiger partial charge in [0, 0.05) is 0 Å². The molecule has 1 aromatic rings. The van der Waals surface area contributed by atoms with Gasteiger partial charge in [-0.15, -0.1) is 0 Å². The van der Waals surface area contributed by atoms with Crippen LogP contribution in [0, 0.1) is 10.1 Å². The minimum Gasteiger partial charge on any atom is -0.365 e. The van der Waals surface area contributed by atoms with Crippen molar-refractivity contribution in [2.75, 3.05) is 0 Å². The lowest BCUT2D eigenvalue weighted by molar-refractivity contribution is -0.386. The molecule has 0 spiro atoms. The Morgan fingerprint density at radius 3 is 2.29 bits per heavy atom. The number of carbonyl (C=O) groups is 1. The van der Waals surface area contributed by atoms with E-state index >= 15 is 0 Å². The molecule has 1 aromatic carbocycles. The summed E-state index contributed by atoms with van der Waals surface area (Å²) in [5.41, 5.74) is 2.03. The molecule has 0 heterocycles. The number of nitro groups is 1. The van der Waals surface area contributed by atoms with Crippen LogP contribution in [0.5, 0.6) is 0 Å². The van der Waals surface area contributed by atoms with E-state index in [2.05, 4.69) is 15.9 Å². The Bertz CT molecular complexity index is 502. The molecule has 17 heavy (non-hydrogen) atoms. The maximum atomic E-state index is 12.4. The molecule has 0 aromatic heterocycles. The normalized spacial score (nSPS) is 11.3. The van der Waals surface area contributed by atoms with E-state index in [-0.39, 0.29) is 0 Å². The molecule has 9 heteroatoms. The third kappa shape index (κ3) is 2.73. The van der Waals surface area contributed by atoms with E-state index in [0.717, 1.165) is 0 Å². The number of carbonyl (C=O) groups excluding carboxylic acids is 1. The Morgan fingerprint density at radius 1 is 1.41 bits per heavy atom. The Balaban J connectivity index is 3.58. The standard InChI is InChI=1S/C8H4BrF3N2O3/c9-5-2-3(8(10,11)12)1-4(7(13)15)6(5)14(16)17/h1-2H,(H2,13,15). The van der Waals surface area contributed by atoms with Gasteiger partial charge in [-0.3, -0.25) is 14.9 Å². The SMILES string of the molecule is NC(=O)c1cc(C(F)(F)F)cc(Br)c1[N+](=O)[O-]. The summed E-state index contributed by atoms with van der Waals surface area (Å²) in [5, 5.41) is 10.6. The highest BCUT2D eigenvalue weighted by Gasteiger charge is 2.35. The predicted octanol–water partition coefficient (Wildman–Crippen LogP) is 2.48. The van der Waals surface area contributed by atoms with E-state index in [1.54, 1.807) is 0 Å². The maximum absolute atomic E-state index is 12.4.